The number of nitrogens with zero attached hydrogens (tertiary/aromatic N) is 3. The molecule has 0 aliphatic carbocycles. The van der Waals surface area contributed by atoms with Crippen LogP contribution < -0.4 is 0 Å². The normalized spacial score (nSPS) is 12.1. The Hall–Kier alpha value is -1.79. The molecule has 8 heteroatoms. The largest absolute Gasteiger partial charge is 0.417 e. The third-order valence-corrected chi connectivity index (χ3v) is 3.96. The van der Waals surface area contributed by atoms with Crippen LogP contribution in [0.1, 0.15) is 5.56 Å². The van der Waals surface area contributed by atoms with Crippen LogP contribution in [-0.2, 0) is 13.2 Å². The molecular weight excluding hydrogens is 338 g/mol. The predicted octanol–water partition coefficient (Wildman–Crippen LogP) is 4.96. The standard InChI is InChI=1S/C14H8Cl2F3N3/c1-22-13-8(6-20-22)9(14(17,18)19)5-12(21-13)7-2-3-10(15)11(16)4-7/h2-6H,1H3. The molecule has 1 aromatic carbocycles. The predicted molar refractivity (Wildman–Crippen MR) is 79.0 cm³/mol. The first-order valence-electron chi connectivity index (χ1n) is 6.13. The maximum Gasteiger partial charge on any atom is 0.417 e. The summed E-state index contributed by atoms with van der Waals surface area (Å²) in [5.41, 5.74) is -0.0347. The van der Waals surface area contributed by atoms with Gasteiger partial charge in [-0.05, 0) is 18.2 Å². The quantitative estimate of drug-likeness (QED) is 0.623. The van der Waals surface area contributed by atoms with Crippen molar-refractivity contribution in [2.75, 3.05) is 0 Å². The van der Waals surface area contributed by atoms with E-state index >= 15 is 0 Å². The first-order valence-corrected chi connectivity index (χ1v) is 6.88. The molecule has 0 saturated carbocycles. The lowest BCUT2D eigenvalue weighted by atomic mass is 10.1. The van der Waals surface area contributed by atoms with E-state index in [4.69, 9.17) is 23.2 Å². The first-order chi connectivity index (χ1) is 10.3. The summed E-state index contributed by atoms with van der Waals surface area (Å²) < 4.78 is 41.1. The fourth-order valence-electron chi connectivity index (χ4n) is 2.15. The van der Waals surface area contributed by atoms with Crippen LogP contribution in [0.4, 0.5) is 13.2 Å². The molecule has 0 unspecified atom stereocenters. The molecule has 3 aromatic rings. The molecule has 0 amide bonds. The topological polar surface area (TPSA) is 30.7 Å². The summed E-state index contributed by atoms with van der Waals surface area (Å²) in [6.45, 7) is 0. The van der Waals surface area contributed by atoms with Gasteiger partial charge in [-0.15, -0.1) is 0 Å². The van der Waals surface area contributed by atoms with Gasteiger partial charge in [-0.2, -0.15) is 18.3 Å². The van der Waals surface area contributed by atoms with Gasteiger partial charge in [0.15, 0.2) is 5.65 Å². The van der Waals surface area contributed by atoms with Gasteiger partial charge < -0.3 is 0 Å². The Labute approximate surface area is 133 Å². The highest BCUT2D eigenvalue weighted by atomic mass is 35.5. The van der Waals surface area contributed by atoms with Crippen molar-refractivity contribution in [3.05, 3.63) is 46.1 Å². The van der Waals surface area contributed by atoms with E-state index in [9.17, 15) is 13.2 Å². The van der Waals surface area contributed by atoms with Crippen LogP contribution in [0.25, 0.3) is 22.3 Å². The van der Waals surface area contributed by atoms with Crippen LogP contribution in [0, 0.1) is 0 Å². The minimum absolute atomic E-state index is 0.0428. The summed E-state index contributed by atoms with van der Waals surface area (Å²) in [7, 11) is 1.54. The minimum Gasteiger partial charge on any atom is -0.250 e. The SMILES string of the molecule is Cn1ncc2c(C(F)(F)F)cc(-c3ccc(Cl)c(Cl)c3)nc21. The zero-order chi connectivity index (χ0) is 16.1. The van der Waals surface area contributed by atoms with Crippen LogP contribution in [0.15, 0.2) is 30.5 Å². The summed E-state index contributed by atoms with van der Waals surface area (Å²) in [6, 6.07) is 5.55. The summed E-state index contributed by atoms with van der Waals surface area (Å²) in [6.07, 6.45) is -3.35. The number of rotatable bonds is 1. The van der Waals surface area contributed by atoms with Crippen LogP contribution in [0.2, 0.25) is 10.0 Å². The van der Waals surface area contributed by atoms with Gasteiger partial charge in [0.25, 0.3) is 0 Å². The number of fused-ring (bicyclic) bond motifs is 1. The molecule has 0 radical (unpaired) electrons. The molecule has 0 atom stereocenters. The second-order valence-electron chi connectivity index (χ2n) is 4.69. The Bertz CT molecular complexity index is 872. The third kappa shape index (κ3) is 2.53. The molecule has 22 heavy (non-hydrogen) atoms. The molecule has 0 fully saturated rings. The fraction of sp³-hybridized carbons (Fsp3) is 0.143. The lowest BCUT2D eigenvalue weighted by molar-refractivity contribution is -0.136. The number of pyridine rings is 1. The lowest BCUT2D eigenvalue weighted by Crippen LogP contribution is -2.07. The van der Waals surface area contributed by atoms with Gasteiger partial charge in [-0.25, -0.2) is 4.98 Å². The zero-order valence-corrected chi connectivity index (χ0v) is 12.6. The molecule has 0 N–H and O–H groups in total. The highest BCUT2D eigenvalue weighted by Crippen LogP contribution is 2.37. The maximum absolute atomic E-state index is 13.3. The second-order valence-corrected chi connectivity index (χ2v) is 5.50. The first kappa shape index (κ1) is 15.1. The molecular formula is C14H8Cl2F3N3. The smallest absolute Gasteiger partial charge is 0.250 e. The summed E-state index contributed by atoms with van der Waals surface area (Å²) >= 11 is 11.8. The van der Waals surface area contributed by atoms with E-state index in [0.717, 1.165) is 12.3 Å². The van der Waals surface area contributed by atoms with E-state index in [-0.39, 0.29) is 21.7 Å². The Morgan fingerprint density at radius 2 is 1.82 bits per heavy atom. The zero-order valence-electron chi connectivity index (χ0n) is 11.1. The van der Waals surface area contributed by atoms with Crippen LogP contribution in [-0.4, -0.2) is 14.8 Å². The molecule has 0 aliphatic rings. The van der Waals surface area contributed by atoms with Gasteiger partial charge in [0.1, 0.15) is 0 Å². The van der Waals surface area contributed by atoms with E-state index in [1.54, 1.807) is 6.07 Å². The highest BCUT2D eigenvalue weighted by molar-refractivity contribution is 6.42. The summed E-state index contributed by atoms with van der Waals surface area (Å²) in [5.74, 6) is 0. The highest BCUT2D eigenvalue weighted by Gasteiger charge is 2.34. The van der Waals surface area contributed by atoms with Crippen LogP contribution >= 0.6 is 23.2 Å². The van der Waals surface area contributed by atoms with Crippen LogP contribution in [0.5, 0.6) is 0 Å². The van der Waals surface area contributed by atoms with E-state index in [0.29, 0.717) is 10.6 Å². The van der Waals surface area contributed by atoms with Crippen molar-refractivity contribution in [3.63, 3.8) is 0 Å². The second kappa shape index (κ2) is 5.14. The van der Waals surface area contributed by atoms with E-state index in [1.807, 2.05) is 0 Å². The number of hydrogen-bond donors (Lipinski definition) is 0. The van der Waals surface area contributed by atoms with Gasteiger partial charge in [0.05, 0.1) is 32.9 Å². The van der Waals surface area contributed by atoms with Crippen molar-refractivity contribution in [1.82, 2.24) is 14.8 Å². The molecule has 2 aromatic heterocycles. The Morgan fingerprint density at radius 1 is 1.09 bits per heavy atom. The van der Waals surface area contributed by atoms with Crippen molar-refractivity contribution in [3.8, 4) is 11.3 Å². The molecule has 3 rings (SSSR count). The number of aromatic nitrogens is 3. The number of halogens is 5. The van der Waals surface area contributed by atoms with Gasteiger partial charge in [-0.3, -0.25) is 4.68 Å². The Morgan fingerprint density at radius 3 is 2.45 bits per heavy atom. The lowest BCUT2D eigenvalue weighted by Gasteiger charge is -2.11. The number of benzene rings is 1. The Balaban J connectivity index is 2.30. The maximum atomic E-state index is 13.3. The number of alkyl halides is 3. The summed E-state index contributed by atoms with van der Waals surface area (Å²) in [5, 5.41) is 4.37. The van der Waals surface area contributed by atoms with Gasteiger partial charge in [0.2, 0.25) is 0 Å². The Kier molecular flexibility index (Phi) is 3.53. The molecule has 0 spiro atoms. The van der Waals surface area contributed by atoms with E-state index < -0.39 is 11.7 Å². The van der Waals surface area contributed by atoms with E-state index in [2.05, 4.69) is 10.1 Å². The van der Waals surface area contributed by atoms with Crippen LogP contribution in [0.3, 0.4) is 0 Å². The van der Waals surface area contributed by atoms with Crippen molar-refractivity contribution in [1.29, 1.82) is 0 Å². The molecule has 3 nitrogen and oxygen atoms in total. The van der Waals surface area contributed by atoms with Gasteiger partial charge in [-0.1, -0.05) is 29.3 Å². The number of hydrogen-bond acceptors (Lipinski definition) is 2. The molecule has 2 heterocycles. The van der Waals surface area contributed by atoms with Gasteiger partial charge >= 0.3 is 6.18 Å². The van der Waals surface area contributed by atoms with Gasteiger partial charge in [0, 0.05) is 12.6 Å². The van der Waals surface area contributed by atoms with Crippen molar-refractivity contribution in [2.24, 2.45) is 7.05 Å². The van der Waals surface area contributed by atoms with Crippen molar-refractivity contribution >= 4 is 34.2 Å². The van der Waals surface area contributed by atoms with Crippen molar-refractivity contribution < 1.29 is 13.2 Å². The molecule has 0 saturated heterocycles. The average molecular weight is 346 g/mol. The minimum atomic E-state index is -4.50. The monoisotopic (exact) mass is 345 g/mol. The van der Waals surface area contributed by atoms with E-state index in [1.165, 1.54) is 23.9 Å². The summed E-state index contributed by atoms with van der Waals surface area (Å²) in [4.78, 5) is 4.25. The average Bonchev–Trinajstić information content (AvgIpc) is 2.81. The molecule has 0 bridgehead atoms. The van der Waals surface area contributed by atoms with Crippen molar-refractivity contribution in [2.45, 2.75) is 6.18 Å². The third-order valence-electron chi connectivity index (χ3n) is 3.23. The fourth-order valence-corrected chi connectivity index (χ4v) is 2.45. The number of aryl methyl sites for hydroxylation is 1. The molecule has 0 aliphatic heterocycles. The molecule has 114 valence electrons.